The van der Waals surface area contributed by atoms with Crippen molar-refractivity contribution in [2.24, 2.45) is 0 Å². The van der Waals surface area contributed by atoms with Crippen LogP contribution in [0.15, 0.2) is 23.1 Å². The Morgan fingerprint density at radius 2 is 2.12 bits per heavy atom. The summed E-state index contributed by atoms with van der Waals surface area (Å²) in [5.74, 6) is -0.563. The van der Waals surface area contributed by atoms with E-state index in [2.05, 4.69) is 5.32 Å². The van der Waals surface area contributed by atoms with E-state index >= 15 is 0 Å². The van der Waals surface area contributed by atoms with Crippen molar-refractivity contribution >= 4 is 21.6 Å². The van der Waals surface area contributed by atoms with Gasteiger partial charge < -0.3 is 5.32 Å². The molecule has 4 nitrogen and oxygen atoms in total. The number of benzene rings is 1. The Labute approximate surface area is 105 Å². The van der Waals surface area contributed by atoms with Crippen molar-refractivity contribution < 1.29 is 12.8 Å². The fourth-order valence-electron chi connectivity index (χ4n) is 1.24. The minimum absolute atomic E-state index is 0.0841. The van der Waals surface area contributed by atoms with Gasteiger partial charge in [0.15, 0.2) is 0 Å². The maximum Gasteiger partial charge on any atom is 0.244 e. The average molecular weight is 281 g/mol. The summed E-state index contributed by atoms with van der Waals surface area (Å²) in [4.78, 5) is -0.0841. The van der Waals surface area contributed by atoms with E-state index in [4.69, 9.17) is 11.6 Å². The van der Waals surface area contributed by atoms with Crippen LogP contribution in [0.25, 0.3) is 0 Å². The summed E-state index contributed by atoms with van der Waals surface area (Å²) >= 11 is 5.73. The number of sulfonamides is 1. The van der Waals surface area contributed by atoms with Crippen molar-refractivity contribution in [3.05, 3.63) is 29.0 Å². The van der Waals surface area contributed by atoms with E-state index in [-0.39, 0.29) is 9.92 Å². The molecule has 1 N–H and O–H groups in total. The van der Waals surface area contributed by atoms with E-state index in [0.717, 1.165) is 12.1 Å². The fraction of sp³-hybridized carbons (Fsp3) is 0.400. The standard InChI is InChI=1S/C10H14ClFN2O2S/c1-13-5-6-14(2)17(15,16)10-4-3-8(12)7-9(10)11/h3-4,7,13H,5-6H2,1-2H3. The smallest absolute Gasteiger partial charge is 0.244 e. The van der Waals surface area contributed by atoms with Crippen LogP contribution in [0, 0.1) is 5.82 Å². The van der Waals surface area contributed by atoms with Crippen LogP contribution in [0.4, 0.5) is 4.39 Å². The number of hydrogen-bond acceptors (Lipinski definition) is 3. The van der Waals surface area contributed by atoms with Crippen LogP contribution >= 0.6 is 11.6 Å². The highest BCUT2D eigenvalue weighted by Crippen LogP contribution is 2.24. The predicted octanol–water partition coefficient (Wildman–Crippen LogP) is 1.32. The molecule has 0 aliphatic carbocycles. The van der Waals surface area contributed by atoms with E-state index in [1.807, 2.05) is 0 Å². The number of nitrogens with zero attached hydrogens (tertiary/aromatic N) is 1. The van der Waals surface area contributed by atoms with Gasteiger partial charge in [-0.2, -0.15) is 4.31 Å². The second-order valence-corrected chi connectivity index (χ2v) is 5.93. The molecule has 0 saturated heterocycles. The molecule has 0 aliphatic rings. The van der Waals surface area contributed by atoms with Crippen molar-refractivity contribution in [2.45, 2.75) is 4.90 Å². The van der Waals surface area contributed by atoms with Crippen molar-refractivity contribution in [3.63, 3.8) is 0 Å². The molecule has 0 atom stereocenters. The highest BCUT2D eigenvalue weighted by atomic mass is 35.5. The molecule has 0 saturated carbocycles. The molecule has 1 aromatic carbocycles. The molecule has 0 fully saturated rings. The lowest BCUT2D eigenvalue weighted by molar-refractivity contribution is 0.466. The molecule has 96 valence electrons. The van der Waals surface area contributed by atoms with Crippen molar-refractivity contribution in [1.82, 2.24) is 9.62 Å². The molecular formula is C10H14ClFN2O2S. The Morgan fingerprint density at radius 3 is 2.65 bits per heavy atom. The Kier molecular flexibility index (Phi) is 4.88. The number of nitrogens with one attached hydrogen (secondary N) is 1. The number of hydrogen-bond donors (Lipinski definition) is 1. The van der Waals surface area contributed by atoms with Crippen LogP contribution in [0.3, 0.4) is 0 Å². The van der Waals surface area contributed by atoms with Crippen molar-refractivity contribution in [2.75, 3.05) is 27.2 Å². The first-order valence-electron chi connectivity index (χ1n) is 4.95. The van der Waals surface area contributed by atoms with Crippen LogP contribution < -0.4 is 5.32 Å². The van der Waals surface area contributed by atoms with Gasteiger partial charge in [-0.25, -0.2) is 12.8 Å². The zero-order valence-electron chi connectivity index (χ0n) is 9.57. The number of halogens is 2. The Hall–Kier alpha value is -0.690. The summed E-state index contributed by atoms with van der Waals surface area (Å²) in [6.45, 7) is 0.834. The maximum atomic E-state index is 12.8. The first-order chi connectivity index (χ1) is 7.89. The Balaban J connectivity index is 3.04. The fourth-order valence-corrected chi connectivity index (χ4v) is 2.91. The molecule has 0 amide bonds. The van der Waals surface area contributed by atoms with E-state index in [9.17, 15) is 12.8 Å². The third-order valence-electron chi connectivity index (χ3n) is 2.26. The molecule has 0 spiro atoms. The monoisotopic (exact) mass is 280 g/mol. The lowest BCUT2D eigenvalue weighted by Gasteiger charge is -2.17. The van der Waals surface area contributed by atoms with E-state index in [1.54, 1.807) is 7.05 Å². The van der Waals surface area contributed by atoms with Crippen molar-refractivity contribution in [1.29, 1.82) is 0 Å². The lowest BCUT2D eigenvalue weighted by Crippen LogP contribution is -2.33. The molecular weight excluding hydrogens is 267 g/mol. The summed E-state index contributed by atoms with van der Waals surface area (Å²) in [6, 6.07) is 3.23. The molecule has 0 aliphatic heterocycles. The summed E-state index contributed by atoms with van der Waals surface area (Å²) in [6.07, 6.45) is 0. The third kappa shape index (κ3) is 3.38. The van der Waals surface area contributed by atoms with E-state index < -0.39 is 15.8 Å². The number of rotatable bonds is 5. The lowest BCUT2D eigenvalue weighted by atomic mass is 10.3. The molecule has 0 aromatic heterocycles. The Morgan fingerprint density at radius 1 is 1.47 bits per heavy atom. The molecule has 7 heteroatoms. The third-order valence-corrected chi connectivity index (χ3v) is 4.60. The summed E-state index contributed by atoms with van der Waals surface area (Å²) in [5.41, 5.74) is 0. The van der Waals surface area contributed by atoms with E-state index in [0.29, 0.717) is 13.1 Å². The minimum Gasteiger partial charge on any atom is -0.318 e. The molecule has 17 heavy (non-hydrogen) atoms. The Bertz CT molecular complexity index is 493. The van der Waals surface area contributed by atoms with Gasteiger partial charge >= 0.3 is 0 Å². The second-order valence-electron chi connectivity index (χ2n) is 3.50. The van der Waals surface area contributed by atoms with Gasteiger partial charge in [-0.1, -0.05) is 11.6 Å². The van der Waals surface area contributed by atoms with Gasteiger partial charge in [0.1, 0.15) is 10.7 Å². The first kappa shape index (κ1) is 14.4. The zero-order chi connectivity index (χ0) is 13.1. The topological polar surface area (TPSA) is 49.4 Å². The van der Waals surface area contributed by atoms with Crippen LogP contribution in [0.2, 0.25) is 5.02 Å². The van der Waals surface area contributed by atoms with Gasteiger partial charge in [0, 0.05) is 20.1 Å². The first-order valence-corrected chi connectivity index (χ1v) is 6.77. The average Bonchev–Trinajstić information content (AvgIpc) is 2.25. The van der Waals surface area contributed by atoms with E-state index in [1.165, 1.54) is 17.4 Å². The highest BCUT2D eigenvalue weighted by molar-refractivity contribution is 7.89. The van der Waals surface area contributed by atoms with Gasteiger partial charge in [-0.15, -0.1) is 0 Å². The summed E-state index contributed by atoms with van der Waals surface area (Å²) in [5, 5.41) is 2.74. The SMILES string of the molecule is CNCCN(C)S(=O)(=O)c1ccc(F)cc1Cl. The zero-order valence-corrected chi connectivity index (χ0v) is 11.1. The molecule has 1 rings (SSSR count). The molecule has 0 unspecified atom stereocenters. The normalized spacial score (nSPS) is 12.1. The number of likely N-dealkylation sites (N-methyl/N-ethyl adjacent to an activating group) is 2. The molecule has 0 radical (unpaired) electrons. The van der Waals surface area contributed by atoms with Crippen LogP contribution in [0.5, 0.6) is 0 Å². The summed E-state index contributed by atoms with van der Waals surface area (Å²) < 4.78 is 38.1. The molecule has 0 bridgehead atoms. The van der Waals surface area contributed by atoms with Crippen LogP contribution in [-0.4, -0.2) is 39.9 Å². The largest absolute Gasteiger partial charge is 0.318 e. The molecule has 0 heterocycles. The quantitative estimate of drug-likeness (QED) is 0.885. The van der Waals surface area contributed by atoms with Gasteiger partial charge in [0.05, 0.1) is 5.02 Å². The van der Waals surface area contributed by atoms with Crippen molar-refractivity contribution in [3.8, 4) is 0 Å². The van der Waals surface area contributed by atoms with Gasteiger partial charge in [-0.3, -0.25) is 0 Å². The maximum absolute atomic E-state index is 12.8. The second kappa shape index (κ2) is 5.77. The van der Waals surface area contributed by atoms with Gasteiger partial charge in [-0.05, 0) is 25.2 Å². The molecule has 1 aromatic rings. The van der Waals surface area contributed by atoms with Gasteiger partial charge in [0.2, 0.25) is 10.0 Å². The predicted molar refractivity (Wildman–Crippen MR) is 65.2 cm³/mol. The minimum atomic E-state index is -3.66. The van der Waals surface area contributed by atoms with Crippen LogP contribution in [-0.2, 0) is 10.0 Å². The summed E-state index contributed by atoms with van der Waals surface area (Å²) in [7, 11) is -0.486. The van der Waals surface area contributed by atoms with Crippen LogP contribution in [0.1, 0.15) is 0 Å². The highest BCUT2D eigenvalue weighted by Gasteiger charge is 2.23. The van der Waals surface area contributed by atoms with Gasteiger partial charge in [0.25, 0.3) is 0 Å².